The van der Waals surface area contributed by atoms with E-state index in [4.69, 9.17) is 0 Å². The Morgan fingerprint density at radius 1 is 0.486 bits per heavy atom. The number of hydrogen-bond acceptors (Lipinski definition) is 3. The molecular formula is C32H45N3. The van der Waals surface area contributed by atoms with E-state index >= 15 is 0 Å². The lowest BCUT2D eigenvalue weighted by Gasteiger charge is -2.27. The van der Waals surface area contributed by atoms with Gasteiger partial charge >= 0.3 is 0 Å². The molecule has 0 aromatic heterocycles. The third-order valence-corrected chi connectivity index (χ3v) is 6.56. The van der Waals surface area contributed by atoms with Gasteiger partial charge in [-0.05, 0) is 86.3 Å². The predicted molar refractivity (Wildman–Crippen MR) is 156 cm³/mol. The Bertz CT molecular complexity index is 877. The van der Waals surface area contributed by atoms with Crippen molar-refractivity contribution >= 4 is 28.4 Å². The third kappa shape index (κ3) is 8.06. The zero-order chi connectivity index (χ0) is 24.9. The lowest BCUT2D eigenvalue weighted by Crippen LogP contribution is -2.19. The fraction of sp³-hybridized carbons (Fsp3) is 0.438. The zero-order valence-corrected chi connectivity index (χ0v) is 22.3. The summed E-state index contributed by atoms with van der Waals surface area (Å²) in [5.41, 5.74) is 5.90. The molecule has 3 rings (SSSR count). The van der Waals surface area contributed by atoms with Crippen molar-refractivity contribution in [1.82, 2.24) is 0 Å². The molecule has 3 heteroatoms. The summed E-state index contributed by atoms with van der Waals surface area (Å²) >= 11 is 0. The summed E-state index contributed by atoms with van der Waals surface area (Å²) in [6.07, 6.45) is 9.68. The summed E-state index contributed by atoms with van der Waals surface area (Å²) in [5.74, 6) is 0. The highest BCUT2D eigenvalue weighted by Crippen LogP contribution is 2.35. The second-order valence-corrected chi connectivity index (χ2v) is 9.60. The molecule has 188 valence electrons. The van der Waals surface area contributed by atoms with Crippen LogP contribution in [0.25, 0.3) is 0 Å². The molecule has 3 aromatic carbocycles. The van der Waals surface area contributed by atoms with Crippen LogP contribution in [0.2, 0.25) is 0 Å². The Balaban J connectivity index is 1.83. The van der Waals surface area contributed by atoms with Crippen molar-refractivity contribution in [1.29, 1.82) is 0 Å². The molecule has 0 heterocycles. The van der Waals surface area contributed by atoms with Crippen LogP contribution < -0.4 is 15.5 Å². The van der Waals surface area contributed by atoms with Gasteiger partial charge in [-0.3, -0.25) is 0 Å². The fourth-order valence-corrected chi connectivity index (χ4v) is 4.88. The Morgan fingerprint density at radius 3 is 1.17 bits per heavy atom. The lowest BCUT2D eigenvalue weighted by molar-refractivity contribution is 0.586. The van der Waals surface area contributed by atoms with Gasteiger partial charge in [0.1, 0.15) is 0 Å². The number of para-hydroxylation sites is 1. The summed E-state index contributed by atoms with van der Waals surface area (Å²) in [4.78, 5) is 2.33. The molecular weight excluding hydrogens is 426 g/mol. The van der Waals surface area contributed by atoms with Crippen LogP contribution in [0.5, 0.6) is 0 Å². The second-order valence-electron chi connectivity index (χ2n) is 9.60. The number of rotatable bonds is 15. The van der Waals surface area contributed by atoms with E-state index in [1.807, 2.05) is 0 Å². The highest BCUT2D eigenvalue weighted by molar-refractivity contribution is 5.78. The molecule has 0 saturated heterocycles. The van der Waals surface area contributed by atoms with Crippen molar-refractivity contribution in [2.45, 2.75) is 91.1 Å². The highest BCUT2D eigenvalue weighted by atomic mass is 15.1. The Labute approximate surface area is 214 Å². The van der Waals surface area contributed by atoms with Gasteiger partial charge in [0.2, 0.25) is 0 Å². The van der Waals surface area contributed by atoms with E-state index < -0.39 is 0 Å². The van der Waals surface area contributed by atoms with Gasteiger partial charge in [0.05, 0.1) is 0 Å². The topological polar surface area (TPSA) is 27.3 Å². The quantitative estimate of drug-likeness (QED) is 0.231. The van der Waals surface area contributed by atoms with Crippen molar-refractivity contribution in [3.8, 4) is 0 Å². The van der Waals surface area contributed by atoms with Gasteiger partial charge in [0.25, 0.3) is 0 Å². The molecule has 2 N–H and O–H groups in total. The molecule has 0 fully saturated rings. The van der Waals surface area contributed by atoms with Crippen LogP contribution >= 0.6 is 0 Å². The largest absolute Gasteiger partial charge is 0.382 e. The van der Waals surface area contributed by atoms with E-state index in [-0.39, 0.29) is 0 Å². The summed E-state index contributed by atoms with van der Waals surface area (Å²) in [5, 5.41) is 7.49. The maximum absolute atomic E-state index is 3.75. The zero-order valence-electron chi connectivity index (χ0n) is 22.3. The van der Waals surface area contributed by atoms with Gasteiger partial charge in [-0.25, -0.2) is 0 Å². The average molecular weight is 472 g/mol. The Hall–Kier alpha value is -2.94. The predicted octanol–water partition coefficient (Wildman–Crippen LogP) is 9.92. The van der Waals surface area contributed by atoms with Crippen LogP contribution in [0.4, 0.5) is 28.4 Å². The molecule has 0 amide bonds. The van der Waals surface area contributed by atoms with Crippen LogP contribution in [-0.2, 0) is 0 Å². The molecule has 0 spiro atoms. The molecule has 0 aliphatic rings. The number of nitrogens with zero attached hydrogens (tertiary/aromatic N) is 1. The number of hydrogen-bond donors (Lipinski definition) is 2. The van der Waals surface area contributed by atoms with Gasteiger partial charge in [-0.2, -0.15) is 0 Å². The SMILES string of the molecule is CCCC(CCC)Nc1ccc(N(c2ccccc2)c2ccc(NC(CCC)CCC)cc2)cc1. The molecule has 0 aliphatic carbocycles. The van der Waals surface area contributed by atoms with Crippen LogP contribution in [0, 0.1) is 0 Å². The van der Waals surface area contributed by atoms with Gasteiger partial charge in [0, 0.05) is 40.5 Å². The molecule has 0 radical (unpaired) electrons. The van der Waals surface area contributed by atoms with Crippen molar-refractivity contribution < 1.29 is 0 Å². The molecule has 0 unspecified atom stereocenters. The van der Waals surface area contributed by atoms with Crippen LogP contribution in [0.15, 0.2) is 78.9 Å². The van der Waals surface area contributed by atoms with Gasteiger partial charge in [-0.1, -0.05) is 71.6 Å². The number of benzene rings is 3. The van der Waals surface area contributed by atoms with Crippen molar-refractivity contribution in [3.05, 3.63) is 78.9 Å². The molecule has 3 aromatic rings. The number of nitrogens with one attached hydrogen (secondary N) is 2. The maximum atomic E-state index is 3.75. The maximum Gasteiger partial charge on any atom is 0.0463 e. The van der Waals surface area contributed by atoms with E-state index in [0.29, 0.717) is 12.1 Å². The average Bonchev–Trinajstić information content (AvgIpc) is 2.88. The highest BCUT2D eigenvalue weighted by Gasteiger charge is 2.14. The Morgan fingerprint density at radius 2 is 0.829 bits per heavy atom. The standard InChI is InChI=1S/C32H45N3/c1-5-12-26(13-6-2)33-28-18-22-31(23-19-28)35(30-16-10-9-11-17-30)32-24-20-29(21-25-32)34-27(14-7-3)15-8-4/h9-11,16-27,33-34H,5-8,12-15H2,1-4H3. The minimum Gasteiger partial charge on any atom is -0.382 e. The minimum absolute atomic E-state index is 0.547. The van der Waals surface area contributed by atoms with Gasteiger partial charge in [0.15, 0.2) is 0 Å². The first-order chi connectivity index (χ1) is 17.2. The van der Waals surface area contributed by atoms with Crippen LogP contribution in [0.3, 0.4) is 0 Å². The van der Waals surface area contributed by atoms with Crippen LogP contribution in [0.1, 0.15) is 79.1 Å². The summed E-state index contributed by atoms with van der Waals surface area (Å²) in [6, 6.07) is 29.5. The molecule has 35 heavy (non-hydrogen) atoms. The normalized spacial score (nSPS) is 11.1. The lowest BCUT2D eigenvalue weighted by atomic mass is 10.1. The van der Waals surface area contributed by atoms with Gasteiger partial charge < -0.3 is 15.5 Å². The van der Waals surface area contributed by atoms with Gasteiger partial charge in [-0.15, -0.1) is 0 Å². The molecule has 0 bridgehead atoms. The summed E-state index contributed by atoms with van der Waals surface area (Å²) < 4.78 is 0. The third-order valence-electron chi connectivity index (χ3n) is 6.56. The monoisotopic (exact) mass is 471 g/mol. The first-order valence-corrected chi connectivity index (χ1v) is 13.8. The van der Waals surface area contributed by atoms with E-state index in [2.05, 4.69) is 122 Å². The molecule has 3 nitrogen and oxygen atoms in total. The van der Waals surface area contributed by atoms with Crippen LogP contribution in [-0.4, -0.2) is 12.1 Å². The van der Waals surface area contributed by atoms with E-state index in [0.717, 1.165) is 0 Å². The first kappa shape index (κ1) is 26.7. The van der Waals surface area contributed by atoms with E-state index in [1.54, 1.807) is 0 Å². The van der Waals surface area contributed by atoms with Crippen molar-refractivity contribution in [2.24, 2.45) is 0 Å². The minimum atomic E-state index is 0.547. The summed E-state index contributed by atoms with van der Waals surface area (Å²) in [7, 11) is 0. The summed E-state index contributed by atoms with van der Waals surface area (Å²) in [6.45, 7) is 9.05. The number of anilines is 5. The Kier molecular flexibility index (Phi) is 11.0. The van der Waals surface area contributed by atoms with E-state index in [1.165, 1.54) is 79.8 Å². The smallest absolute Gasteiger partial charge is 0.0463 e. The molecule has 0 aliphatic heterocycles. The molecule has 0 saturated carbocycles. The fourth-order valence-electron chi connectivity index (χ4n) is 4.88. The molecule has 0 atom stereocenters. The van der Waals surface area contributed by atoms with E-state index in [9.17, 15) is 0 Å². The first-order valence-electron chi connectivity index (χ1n) is 13.8. The second kappa shape index (κ2) is 14.5. The van der Waals surface area contributed by atoms with Crippen molar-refractivity contribution in [2.75, 3.05) is 15.5 Å². The van der Waals surface area contributed by atoms with Crippen molar-refractivity contribution in [3.63, 3.8) is 0 Å².